The van der Waals surface area contributed by atoms with Gasteiger partial charge in [-0.2, -0.15) is 5.10 Å². The zero-order valence-electron chi connectivity index (χ0n) is 12.6. The third-order valence-electron chi connectivity index (χ3n) is 4.34. The molecule has 112 valence electrons. The molecule has 1 atom stereocenters. The van der Waals surface area contributed by atoms with Gasteiger partial charge in [0.15, 0.2) is 0 Å². The molecule has 5 nitrogen and oxygen atoms in total. The maximum Gasteiger partial charge on any atom is 0.115 e. The molecule has 1 aliphatic carbocycles. The Balaban J connectivity index is 1.68. The molecule has 5 heteroatoms. The van der Waals surface area contributed by atoms with Crippen LogP contribution in [0.1, 0.15) is 55.6 Å². The van der Waals surface area contributed by atoms with Crippen molar-refractivity contribution in [1.29, 1.82) is 0 Å². The predicted octanol–water partition coefficient (Wildman–Crippen LogP) is 2.68. The van der Waals surface area contributed by atoms with Crippen LogP contribution in [0.5, 0.6) is 0 Å². The van der Waals surface area contributed by atoms with Crippen LogP contribution >= 0.6 is 0 Å². The number of hydrogen-bond acceptors (Lipinski definition) is 4. The van der Waals surface area contributed by atoms with Crippen molar-refractivity contribution < 1.29 is 0 Å². The quantitative estimate of drug-likeness (QED) is 0.917. The number of nitrogens with one attached hydrogen (secondary N) is 1. The molecule has 0 aliphatic heterocycles. The minimum atomic E-state index is 0.183. The molecule has 0 saturated heterocycles. The van der Waals surface area contributed by atoms with Crippen LogP contribution < -0.4 is 5.32 Å². The van der Waals surface area contributed by atoms with Gasteiger partial charge in [-0.25, -0.2) is 9.97 Å². The zero-order valence-corrected chi connectivity index (χ0v) is 12.6. The van der Waals surface area contributed by atoms with Gasteiger partial charge in [0.2, 0.25) is 0 Å². The molecule has 1 aliphatic rings. The second-order valence-electron chi connectivity index (χ2n) is 5.76. The van der Waals surface area contributed by atoms with Gasteiger partial charge in [-0.3, -0.25) is 4.68 Å². The number of likely N-dealkylation sites (N-methyl/N-ethyl adjacent to an activating group) is 1. The Morgan fingerprint density at radius 1 is 1.29 bits per heavy atom. The van der Waals surface area contributed by atoms with E-state index in [2.05, 4.69) is 32.2 Å². The van der Waals surface area contributed by atoms with Crippen molar-refractivity contribution in [3.05, 3.63) is 42.2 Å². The molecule has 2 aromatic rings. The van der Waals surface area contributed by atoms with E-state index in [9.17, 15) is 0 Å². The first-order chi connectivity index (χ1) is 10.4. The standard InChI is InChI=1S/C16H23N5/c1-17-16(15-7-9-18-12-19-15)11-13-8-10-21(20-13)14-5-3-2-4-6-14/h7-10,12,14,16-17H,2-6,11H2,1H3. The van der Waals surface area contributed by atoms with Crippen LogP contribution in [-0.2, 0) is 6.42 Å². The van der Waals surface area contributed by atoms with Crippen molar-refractivity contribution in [2.45, 2.75) is 50.6 Å². The minimum Gasteiger partial charge on any atom is -0.311 e. The molecule has 2 aromatic heterocycles. The van der Waals surface area contributed by atoms with Gasteiger partial charge in [-0.15, -0.1) is 0 Å². The van der Waals surface area contributed by atoms with Crippen molar-refractivity contribution in [2.24, 2.45) is 0 Å². The summed E-state index contributed by atoms with van der Waals surface area (Å²) < 4.78 is 2.17. The van der Waals surface area contributed by atoms with Gasteiger partial charge in [0.25, 0.3) is 0 Å². The van der Waals surface area contributed by atoms with E-state index in [0.717, 1.165) is 17.8 Å². The van der Waals surface area contributed by atoms with Crippen LogP contribution in [0.4, 0.5) is 0 Å². The van der Waals surface area contributed by atoms with Gasteiger partial charge in [0.05, 0.1) is 23.5 Å². The fourth-order valence-corrected chi connectivity index (χ4v) is 3.11. The molecule has 1 saturated carbocycles. The summed E-state index contributed by atoms with van der Waals surface area (Å²) in [5.74, 6) is 0. The van der Waals surface area contributed by atoms with E-state index in [4.69, 9.17) is 5.10 Å². The SMILES string of the molecule is CNC(Cc1ccn(C2CCCCC2)n1)c1ccncn1. The molecular formula is C16H23N5. The number of nitrogens with zero attached hydrogens (tertiary/aromatic N) is 4. The fourth-order valence-electron chi connectivity index (χ4n) is 3.11. The summed E-state index contributed by atoms with van der Waals surface area (Å²) >= 11 is 0. The average Bonchev–Trinajstić information content (AvgIpc) is 3.03. The molecular weight excluding hydrogens is 262 g/mol. The van der Waals surface area contributed by atoms with Crippen molar-refractivity contribution in [3.63, 3.8) is 0 Å². The van der Waals surface area contributed by atoms with Crippen LogP contribution in [0.2, 0.25) is 0 Å². The van der Waals surface area contributed by atoms with Gasteiger partial charge < -0.3 is 5.32 Å². The van der Waals surface area contributed by atoms with E-state index in [0.29, 0.717) is 6.04 Å². The van der Waals surface area contributed by atoms with Crippen LogP contribution in [0.3, 0.4) is 0 Å². The number of aromatic nitrogens is 4. The maximum absolute atomic E-state index is 4.78. The monoisotopic (exact) mass is 285 g/mol. The molecule has 0 amide bonds. The Hall–Kier alpha value is -1.75. The van der Waals surface area contributed by atoms with Crippen LogP contribution in [0.25, 0.3) is 0 Å². The predicted molar refractivity (Wildman–Crippen MR) is 81.9 cm³/mol. The minimum absolute atomic E-state index is 0.183. The van der Waals surface area contributed by atoms with Gasteiger partial charge >= 0.3 is 0 Å². The lowest BCUT2D eigenvalue weighted by molar-refractivity contribution is 0.327. The highest BCUT2D eigenvalue weighted by molar-refractivity contribution is 5.11. The summed E-state index contributed by atoms with van der Waals surface area (Å²) in [6.07, 6.45) is 12.9. The summed E-state index contributed by atoms with van der Waals surface area (Å²) in [4.78, 5) is 8.31. The Bertz CT molecular complexity index is 545. The summed E-state index contributed by atoms with van der Waals surface area (Å²) in [5.41, 5.74) is 2.14. The number of rotatable bonds is 5. The second kappa shape index (κ2) is 6.80. The van der Waals surface area contributed by atoms with Crippen LogP contribution in [0, 0.1) is 0 Å². The molecule has 1 unspecified atom stereocenters. The van der Waals surface area contributed by atoms with Gasteiger partial charge in [0, 0.05) is 18.8 Å². The van der Waals surface area contributed by atoms with Gasteiger partial charge in [-0.05, 0) is 32.0 Å². The highest BCUT2D eigenvalue weighted by Crippen LogP contribution is 2.27. The Kier molecular flexibility index (Phi) is 4.60. The first-order valence-corrected chi connectivity index (χ1v) is 7.84. The molecule has 21 heavy (non-hydrogen) atoms. The van der Waals surface area contributed by atoms with Crippen LogP contribution in [-0.4, -0.2) is 26.8 Å². The molecule has 0 radical (unpaired) electrons. The van der Waals surface area contributed by atoms with E-state index in [1.54, 1.807) is 12.5 Å². The van der Waals surface area contributed by atoms with Crippen molar-refractivity contribution in [1.82, 2.24) is 25.1 Å². The molecule has 3 rings (SSSR count). The Labute approximate surface area is 125 Å². The third kappa shape index (κ3) is 3.47. The lowest BCUT2D eigenvalue weighted by Gasteiger charge is -2.22. The molecule has 1 fully saturated rings. The average molecular weight is 285 g/mol. The van der Waals surface area contributed by atoms with Crippen molar-refractivity contribution in [3.8, 4) is 0 Å². The zero-order chi connectivity index (χ0) is 14.5. The second-order valence-corrected chi connectivity index (χ2v) is 5.76. The molecule has 0 spiro atoms. The molecule has 0 aromatic carbocycles. The highest BCUT2D eigenvalue weighted by atomic mass is 15.3. The summed E-state index contributed by atoms with van der Waals surface area (Å²) in [5, 5.41) is 8.10. The lowest BCUT2D eigenvalue weighted by atomic mass is 9.96. The Morgan fingerprint density at radius 3 is 2.86 bits per heavy atom. The van der Waals surface area contributed by atoms with E-state index in [-0.39, 0.29) is 6.04 Å². The van der Waals surface area contributed by atoms with E-state index < -0.39 is 0 Å². The first-order valence-electron chi connectivity index (χ1n) is 7.84. The smallest absolute Gasteiger partial charge is 0.115 e. The molecule has 0 bridgehead atoms. The van der Waals surface area contributed by atoms with E-state index >= 15 is 0 Å². The van der Waals surface area contributed by atoms with Crippen molar-refractivity contribution >= 4 is 0 Å². The van der Waals surface area contributed by atoms with E-state index in [1.807, 2.05) is 13.1 Å². The normalized spacial score (nSPS) is 17.8. The number of hydrogen-bond donors (Lipinski definition) is 1. The topological polar surface area (TPSA) is 55.6 Å². The van der Waals surface area contributed by atoms with Gasteiger partial charge in [0.1, 0.15) is 6.33 Å². The molecule has 1 N–H and O–H groups in total. The summed E-state index contributed by atoms with van der Waals surface area (Å²) in [7, 11) is 1.96. The fraction of sp³-hybridized carbons (Fsp3) is 0.562. The van der Waals surface area contributed by atoms with E-state index in [1.165, 1.54) is 32.1 Å². The highest BCUT2D eigenvalue weighted by Gasteiger charge is 2.18. The largest absolute Gasteiger partial charge is 0.311 e. The van der Waals surface area contributed by atoms with Crippen molar-refractivity contribution in [2.75, 3.05) is 7.05 Å². The van der Waals surface area contributed by atoms with Crippen LogP contribution in [0.15, 0.2) is 30.9 Å². The third-order valence-corrected chi connectivity index (χ3v) is 4.34. The maximum atomic E-state index is 4.78. The summed E-state index contributed by atoms with van der Waals surface area (Å²) in [6, 6.07) is 4.88. The van der Waals surface area contributed by atoms with Gasteiger partial charge in [-0.1, -0.05) is 19.3 Å². The molecule has 2 heterocycles. The lowest BCUT2D eigenvalue weighted by Crippen LogP contribution is -2.20. The Morgan fingerprint density at radius 2 is 2.14 bits per heavy atom. The summed E-state index contributed by atoms with van der Waals surface area (Å²) in [6.45, 7) is 0. The first kappa shape index (κ1) is 14.2.